The number of carbonyl (C=O) groups is 2. The second-order valence-electron chi connectivity index (χ2n) is 7.70. The molecule has 0 radical (unpaired) electrons. The van der Waals surface area contributed by atoms with Gasteiger partial charge in [0.05, 0.1) is 32.3 Å². The molecule has 1 fully saturated rings. The topological polar surface area (TPSA) is 75.1 Å². The summed E-state index contributed by atoms with van der Waals surface area (Å²) >= 11 is 0. The van der Waals surface area contributed by atoms with E-state index in [4.69, 9.17) is 4.74 Å². The van der Waals surface area contributed by atoms with Crippen molar-refractivity contribution in [3.63, 3.8) is 0 Å². The number of nitrogens with zero attached hydrogens (tertiary/aromatic N) is 1. The van der Waals surface area contributed by atoms with Crippen LogP contribution in [0.5, 0.6) is 5.75 Å². The third kappa shape index (κ3) is 7.24. The third-order valence-electron chi connectivity index (χ3n) is 5.46. The molecule has 2 atom stereocenters. The maximum absolute atomic E-state index is 12.4. The number of benzene rings is 1. The number of carbonyl (C=O) groups excluding carboxylic acids is 2. The number of rotatable bonds is 11. The van der Waals surface area contributed by atoms with Gasteiger partial charge in [-0.25, -0.2) is 4.79 Å². The highest BCUT2D eigenvalue weighted by atomic mass is 16.5. The first-order valence-electron chi connectivity index (χ1n) is 10.9. The van der Waals surface area contributed by atoms with E-state index in [2.05, 4.69) is 24.5 Å². The normalized spacial score (nSPS) is 17.5. The van der Waals surface area contributed by atoms with Crippen LogP contribution in [0.1, 0.15) is 47.0 Å². The summed E-state index contributed by atoms with van der Waals surface area (Å²) in [5, 5.41) is 5.95. The Labute approximate surface area is 174 Å². The van der Waals surface area contributed by atoms with E-state index in [0.717, 1.165) is 43.9 Å². The van der Waals surface area contributed by atoms with Crippen LogP contribution in [0, 0.1) is 0 Å². The molecule has 3 amide bonds. The van der Waals surface area contributed by atoms with Crippen LogP contribution in [0.2, 0.25) is 0 Å². The fourth-order valence-corrected chi connectivity index (χ4v) is 3.73. The van der Waals surface area contributed by atoms with Crippen molar-refractivity contribution >= 4 is 17.6 Å². The molecule has 3 N–H and O–H groups in total. The Bertz CT molecular complexity index is 646. The Balaban J connectivity index is 1.76. The third-order valence-corrected chi connectivity index (χ3v) is 5.46. The van der Waals surface area contributed by atoms with Crippen molar-refractivity contribution in [1.82, 2.24) is 10.6 Å². The average Bonchev–Trinajstić information content (AvgIpc) is 3.06. The first-order valence-corrected chi connectivity index (χ1v) is 10.9. The summed E-state index contributed by atoms with van der Waals surface area (Å²) in [5.74, 6) is 0.809. The van der Waals surface area contributed by atoms with Crippen molar-refractivity contribution in [3.8, 4) is 5.75 Å². The lowest BCUT2D eigenvalue weighted by molar-refractivity contribution is -0.896. The Morgan fingerprint density at radius 3 is 2.55 bits per heavy atom. The minimum atomic E-state index is -0.195. The van der Waals surface area contributed by atoms with E-state index in [0.29, 0.717) is 19.6 Å². The van der Waals surface area contributed by atoms with Gasteiger partial charge in [-0.3, -0.25) is 4.79 Å². The largest absolute Gasteiger partial charge is 0.494 e. The number of hydrogen-bond donors (Lipinski definition) is 3. The van der Waals surface area contributed by atoms with Gasteiger partial charge in [0.15, 0.2) is 0 Å². The van der Waals surface area contributed by atoms with Crippen LogP contribution < -0.4 is 25.2 Å². The molecule has 1 aliphatic rings. The van der Waals surface area contributed by atoms with E-state index in [9.17, 15) is 9.59 Å². The summed E-state index contributed by atoms with van der Waals surface area (Å²) < 4.78 is 5.44. The molecule has 1 aromatic carbocycles. The highest BCUT2D eigenvalue weighted by Crippen LogP contribution is 2.24. The number of urea groups is 1. The molecule has 7 nitrogen and oxygen atoms in total. The highest BCUT2D eigenvalue weighted by molar-refractivity contribution is 5.96. The van der Waals surface area contributed by atoms with Crippen LogP contribution in [0.4, 0.5) is 10.5 Å². The molecule has 1 aliphatic heterocycles. The molecule has 7 heteroatoms. The van der Waals surface area contributed by atoms with Crippen LogP contribution in [0.15, 0.2) is 24.3 Å². The van der Waals surface area contributed by atoms with Crippen molar-refractivity contribution < 1.29 is 19.2 Å². The van der Waals surface area contributed by atoms with Crippen LogP contribution in [-0.2, 0) is 4.79 Å². The maximum Gasteiger partial charge on any atom is 0.315 e. The number of hydrogen-bond acceptors (Lipinski definition) is 3. The van der Waals surface area contributed by atoms with Crippen LogP contribution in [0.3, 0.4) is 0 Å². The quantitative estimate of drug-likeness (QED) is 0.523. The molecule has 0 aliphatic carbocycles. The summed E-state index contributed by atoms with van der Waals surface area (Å²) in [4.78, 5) is 28.0. The molecular weight excluding hydrogens is 368 g/mol. The fraction of sp³-hybridized carbons (Fsp3) is 0.636. The molecular formula is C22H37N4O3+. The summed E-state index contributed by atoms with van der Waals surface area (Å²) in [6.45, 7) is 12.9. The molecule has 1 saturated heterocycles. The second kappa shape index (κ2) is 11.7. The molecule has 162 valence electrons. The maximum atomic E-state index is 12.4. The first-order chi connectivity index (χ1) is 14.0. The molecule has 29 heavy (non-hydrogen) atoms. The number of amides is 3. The SMILES string of the molecule is CCOc1ccc(N2C[C@H](NC(=O)N[C@H](C)CCC[NH+](CC)CC)CC2=O)cc1. The van der Waals surface area contributed by atoms with Gasteiger partial charge in [0, 0.05) is 24.7 Å². The molecule has 2 rings (SSSR count). The molecule has 0 bridgehead atoms. The lowest BCUT2D eigenvalue weighted by atomic mass is 10.2. The van der Waals surface area contributed by atoms with Gasteiger partial charge in [-0.1, -0.05) is 0 Å². The Morgan fingerprint density at radius 2 is 1.93 bits per heavy atom. The standard InChI is InChI=1S/C22H36N4O3/c1-5-25(6-2)14-8-9-17(4)23-22(28)24-18-15-21(27)26(16-18)19-10-12-20(13-11-19)29-7-3/h10-13,17-18H,5-9,14-16H2,1-4H3,(H2,23,24,28)/p+1/t17-,18-/m1/s1. The van der Waals surface area contributed by atoms with Crippen molar-refractivity contribution in [2.75, 3.05) is 37.7 Å². The second-order valence-corrected chi connectivity index (χ2v) is 7.70. The zero-order valence-electron chi connectivity index (χ0n) is 18.3. The lowest BCUT2D eigenvalue weighted by Crippen LogP contribution is -3.11. The Kier molecular flexibility index (Phi) is 9.25. The zero-order chi connectivity index (χ0) is 21.2. The number of ether oxygens (including phenoxy) is 1. The number of quaternary nitrogens is 1. The molecule has 1 heterocycles. The van der Waals surface area contributed by atoms with Crippen molar-refractivity contribution in [2.24, 2.45) is 0 Å². The molecule has 0 unspecified atom stereocenters. The van der Waals surface area contributed by atoms with Crippen molar-refractivity contribution in [3.05, 3.63) is 24.3 Å². The predicted molar refractivity (Wildman–Crippen MR) is 116 cm³/mol. The van der Waals surface area contributed by atoms with E-state index in [1.165, 1.54) is 0 Å². The van der Waals surface area contributed by atoms with E-state index in [1.54, 1.807) is 9.80 Å². The van der Waals surface area contributed by atoms with E-state index < -0.39 is 0 Å². The van der Waals surface area contributed by atoms with E-state index in [-0.39, 0.29) is 24.0 Å². The van der Waals surface area contributed by atoms with Gasteiger partial charge < -0.3 is 25.2 Å². The molecule has 0 saturated carbocycles. The monoisotopic (exact) mass is 405 g/mol. The van der Waals surface area contributed by atoms with Gasteiger partial charge in [0.1, 0.15) is 5.75 Å². The summed E-state index contributed by atoms with van der Waals surface area (Å²) in [6.07, 6.45) is 2.37. The summed E-state index contributed by atoms with van der Waals surface area (Å²) in [7, 11) is 0. The fourth-order valence-electron chi connectivity index (χ4n) is 3.73. The van der Waals surface area contributed by atoms with Gasteiger partial charge in [0.2, 0.25) is 5.91 Å². The van der Waals surface area contributed by atoms with E-state index in [1.807, 2.05) is 38.1 Å². The van der Waals surface area contributed by atoms with Crippen molar-refractivity contribution in [2.45, 2.75) is 59.0 Å². The smallest absolute Gasteiger partial charge is 0.315 e. The zero-order valence-corrected chi connectivity index (χ0v) is 18.3. The first kappa shape index (κ1) is 23.0. The van der Waals surface area contributed by atoms with Gasteiger partial charge >= 0.3 is 6.03 Å². The van der Waals surface area contributed by atoms with Gasteiger partial charge in [0.25, 0.3) is 0 Å². The molecule has 0 aromatic heterocycles. The Hall–Kier alpha value is -2.28. The van der Waals surface area contributed by atoms with Crippen LogP contribution in [-0.4, -0.2) is 56.8 Å². The highest BCUT2D eigenvalue weighted by Gasteiger charge is 2.31. The molecule has 0 spiro atoms. The van der Waals surface area contributed by atoms with Gasteiger partial charge in [-0.05, 0) is 64.8 Å². The van der Waals surface area contributed by atoms with Gasteiger partial charge in [-0.2, -0.15) is 0 Å². The average molecular weight is 406 g/mol. The van der Waals surface area contributed by atoms with E-state index >= 15 is 0 Å². The summed E-state index contributed by atoms with van der Waals surface area (Å²) in [6, 6.07) is 7.23. The van der Waals surface area contributed by atoms with Gasteiger partial charge in [-0.15, -0.1) is 0 Å². The van der Waals surface area contributed by atoms with Crippen LogP contribution in [0.25, 0.3) is 0 Å². The lowest BCUT2D eigenvalue weighted by Gasteiger charge is -2.20. The number of anilines is 1. The molecule has 1 aromatic rings. The predicted octanol–water partition coefficient (Wildman–Crippen LogP) is 1.58. The van der Waals surface area contributed by atoms with Crippen LogP contribution >= 0.6 is 0 Å². The number of nitrogens with one attached hydrogen (secondary N) is 3. The minimum Gasteiger partial charge on any atom is -0.494 e. The Morgan fingerprint density at radius 1 is 1.24 bits per heavy atom. The minimum absolute atomic E-state index is 0.0229. The summed E-state index contributed by atoms with van der Waals surface area (Å²) in [5.41, 5.74) is 0.829. The van der Waals surface area contributed by atoms with Crippen molar-refractivity contribution in [1.29, 1.82) is 0 Å².